The normalized spacial score (nSPS) is 10.4. The number of anilines is 2. The van der Waals surface area contributed by atoms with Crippen LogP contribution in [0.15, 0.2) is 60.7 Å². The molecule has 0 saturated carbocycles. The Balaban J connectivity index is 1.58. The van der Waals surface area contributed by atoms with Gasteiger partial charge < -0.3 is 24.8 Å². The predicted octanol–water partition coefficient (Wildman–Crippen LogP) is 6.42. The lowest BCUT2D eigenvalue weighted by Crippen LogP contribution is -2.20. The third-order valence-corrected chi connectivity index (χ3v) is 5.27. The molecule has 0 unspecified atom stereocenters. The molecule has 0 aliphatic carbocycles. The molecule has 174 valence electrons. The molecule has 0 aliphatic heterocycles. The molecule has 0 saturated heterocycles. The lowest BCUT2D eigenvalue weighted by molar-refractivity contribution is -0.118. The number of rotatable bonds is 11. The van der Waals surface area contributed by atoms with Crippen molar-refractivity contribution in [2.45, 2.75) is 20.4 Å². The Kier molecular flexibility index (Phi) is 9.10. The third kappa shape index (κ3) is 7.48. The Morgan fingerprint density at radius 2 is 1.52 bits per heavy atom. The van der Waals surface area contributed by atoms with Crippen LogP contribution in [0.2, 0.25) is 10.0 Å². The number of benzene rings is 3. The van der Waals surface area contributed by atoms with Crippen molar-refractivity contribution in [2.24, 2.45) is 0 Å². The molecule has 0 bridgehead atoms. The van der Waals surface area contributed by atoms with Crippen molar-refractivity contribution >= 4 is 40.5 Å². The average molecular weight is 489 g/mol. The summed E-state index contributed by atoms with van der Waals surface area (Å²) in [5.74, 6) is 1.58. The first-order valence-corrected chi connectivity index (χ1v) is 11.3. The fraction of sp³-hybridized carbons (Fsp3) is 0.240. The third-order valence-electron chi connectivity index (χ3n) is 4.53. The number of carbonyl (C=O) groups is 1. The number of amides is 1. The summed E-state index contributed by atoms with van der Waals surface area (Å²) in [6, 6.07) is 18.3. The van der Waals surface area contributed by atoms with Crippen molar-refractivity contribution in [1.29, 1.82) is 0 Å². The Morgan fingerprint density at radius 3 is 2.21 bits per heavy atom. The minimum Gasteiger partial charge on any atom is -0.494 e. The molecule has 0 aliphatic rings. The maximum absolute atomic E-state index is 12.3. The minimum absolute atomic E-state index is 0.176. The zero-order valence-electron chi connectivity index (χ0n) is 18.5. The second kappa shape index (κ2) is 12.2. The SMILES string of the molecule is CCOc1ccc(NCc2ccc(OCC(=O)Nc3ccc(Cl)c(Cl)c3)c(OCC)c2)cc1. The number of nitrogens with one attached hydrogen (secondary N) is 2. The highest BCUT2D eigenvalue weighted by Gasteiger charge is 2.11. The highest BCUT2D eigenvalue weighted by molar-refractivity contribution is 6.42. The summed E-state index contributed by atoms with van der Waals surface area (Å²) in [5, 5.41) is 6.88. The summed E-state index contributed by atoms with van der Waals surface area (Å²) in [7, 11) is 0. The van der Waals surface area contributed by atoms with Crippen LogP contribution < -0.4 is 24.8 Å². The molecule has 0 heterocycles. The van der Waals surface area contributed by atoms with Gasteiger partial charge in [-0.05, 0) is 74.0 Å². The molecule has 0 spiro atoms. The molecule has 1 amide bonds. The first-order chi connectivity index (χ1) is 16.0. The van der Waals surface area contributed by atoms with Crippen LogP contribution in [-0.2, 0) is 11.3 Å². The van der Waals surface area contributed by atoms with Crippen LogP contribution in [0, 0.1) is 0 Å². The van der Waals surface area contributed by atoms with Crippen LogP contribution in [0.3, 0.4) is 0 Å². The second-order valence-electron chi connectivity index (χ2n) is 6.99. The molecule has 3 rings (SSSR count). The molecule has 8 heteroatoms. The standard InChI is InChI=1S/C25H26Cl2N2O4/c1-3-31-20-9-6-18(7-10-20)28-15-17-5-12-23(24(13-17)32-4-2)33-16-25(30)29-19-8-11-21(26)22(27)14-19/h5-14,28H,3-4,15-16H2,1-2H3,(H,29,30). The minimum atomic E-state index is -0.322. The summed E-state index contributed by atoms with van der Waals surface area (Å²) in [6.45, 7) is 5.39. The van der Waals surface area contributed by atoms with Gasteiger partial charge in [0, 0.05) is 17.9 Å². The van der Waals surface area contributed by atoms with Gasteiger partial charge in [-0.25, -0.2) is 0 Å². The molecular formula is C25H26Cl2N2O4. The van der Waals surface area contributed by atoms with Crippen LogP contribution in [0.25, 0.3) is 0 Å². The van der Waals surface area contributed by atoms with E-state index in [1.54, 1.807) is 24.3 Å². The van der Waals surface area contributed by atoms with Gasteiger partial charge in [-0.15, -0.1) is 0 Å². The molecule has 6 nitrogen and oxygen atoms in total. The summed E-state index contributed by atoms with van der Waals surface area (Å²) in [4.78, 5) is 12.3. The van der Waals surface area contributed by atoms with Crippen molar-refractivity contribution in [3.63, 3.8) is 0 Å². The Bertz CT molecular complexity index is 1070. The van der Waals surface area contributed by atoms with Gasteiger partial charge in [-0.3, -0.25) is 4.79 Å². The second-order valence-corrected chi connectivity index (χ2v) is 7.81. The lowest BCUT2D eigenvalue weighted by Gasteiger charge is -2.14. The van der Waals surface area contributed by atoms with Crippen molar-refractivity contribution in [2.75, 3.05) is 30.5 Å². The highest BCUT2D eigenvalue weighted by atomic mass is 35.5. The first kappa shape index (κ1) is 24.6. The largest absolute Gasteiger partial charge is 0.494 e. The number of carbonyl (C=O) groups excluding carboxylic acids is 1. The fourth-order valence-electron chi connectivity index (χ4n) is 3.00. The lowest BCUT2D eigenvalue weighted by atomic mass is 10.2. The van der Waals surface area contributed by atoms with E-state index in [9.17, 15) is 4.79 Å². The summed E-state index contributed by atoms with van der Waals surface area (Å²) in [5.41, 5.74) is 2.54. The van der Waals surface area contributed by atoms with Gasteiger partial charge in [0.15, 0.2) is 18.1 Å². The van der Waals surface area contributed by atoms with Gasteiger partial charge in [0.05, 0.1) is 23.3 Å². The van der Waals surface area contributed by atoms with Crippen molar-refractivity contribution in [3.8, 4) is 17.2 Å². The van der Waals surface area contributed by atoms with Crippen LogP contribution in [0.1, 0.15) is 19.4 Å². The summed E-state index contributed by atoms with van der Waals surface area (Å²) in [6.07, 6.45) is 0. The predicted molar refractivity (Wildman–Crippen MR) is 133 cm³/mol. The van der Waals surface area contributed by atoms with Crippen LogP contribution in [-0.4, -0.2) is 25.7 Å². The van der Waals surface area contributed by atoms with Crippen molar-refractivity contribution in [1.82, 2.24) is 0 Å². The van der Waals surface area contributed by atoms with Crippen LogP contribution in [0.4, 0.5) is 11.4 Å². The van der Waals surface area contributed by atoms with Gasteiger partial charge in [0.1, 0.15) is 5.75 Å². The Hall–Kier alpha value is -3.09. The molecule has 2 N–H and O–H groups in total. The van der Waals surface area contributed by atoms with E-state index in [1.165, 1.54) is 0 Å². The number of hydrogen-bond acceptors (Lipinski definition) is 5. The van der Waals surface area contributed by atoms with E-state index in [0.29, 0.717) is 47.0 Å². The Labute approximate surface area is 203 Å². The van der Waals surface area contributed by atoms with Gasteiger partial charge >= 0.3 is 0 Å². The van der Waals surface area contributed by atoms with Crippen LogP contribution in [0.5, 0.6) is 17.2 Å². The van der Waals surface area contributed by atoms with E-state index in [2.05, 4.69) is 10.6 Å². The highest BCUT2D eigenvalue weighted by Crippen LogP contribution is 2.29. The van der Waals surface area contributed by atoms with E-state index in [-0.39, 0.29) is 12.5 Å². The van der Waals surface area contributed by atoms with E-state index in [0.717, 1.165) is 17.0 Å². The molecule has 0 aromatic heterocycles. The van der Waals surface area contributed by atoms with E-state index in [4.69, 9.17) is 37.4 Å². The number of halogens is 2. The molecule has 3 aromatic carbocycles. The fourth-order valence-corrected chi connectivity index (χ4v) is 3.30. The number of hydrogen-bond donors (Lipinski definition) is 2. The van der Waals surface area contributed by atoms with Gasteiger partial charge in [0.25, 0.3) is 5.91 Å². The summed E-state index contributed by atoms with van der Waals surface area (Å²) < 4.78 is 16.9. The maximum Gasteiger partial charge on any atom is 0.262 e. The topological polar surface area (TPSA) is 68.8 Å². The zero-order chi connectivity index (χ0) is 23.6. The zero-order valence-corrected chi connectivity index (χ0v) is 20.0. The monoisotopic (exact) mass is 488 g/mol. The average Bonchev–Trinajstić information content (AvgIpc) is 2.81. The van der Waals surface area contributed by atoms with Crippen molar-refractivity contribution < 1.29 is 19.0 Å². The van der Waals surface area contributed by atoms with Crippen LogP contribution >= 0.6 is 23.2 Å². The first-order valence-electron chi connectivity index (χ1n) is 10.6. The summed E-state index contributed by atoms with van der Waals surface area (Å²) >= 11 is 11.9. The molecular weight excluding hydrogens is 463 g/mol. The molecule has 0 radical (unpaired) electrons. The smallest absolute Gasteiger partial charge is 0.262 e. The van der Waals surface area contributed by atoms with Gasteiger partial charge in [-0.1, -0.05) is 29.3 Å². The van der Waals surface area contributed by atoms with Crippen molar-refractivity contribution in [3.05, 3.63) is 76.3 Å². The number of ether oxygens (including phenoxy) is 3. The maximum atomic E-state index is 12.3. The quantitative estimate of drug-likeness (QED) is 0.325. The Morgan fingerprint density at radius 1 is 0.788 bits per heavy atom. The van der Waals surface area contributed by atoms with E-state index < -0.39 is 0 Å². The molecule has 33 heavy (non-hydrogen) atoms. The molecule has 3 aromatic rings. The van der Waals surface area contributed by atoms with E-state index in [1.807, 2.05) is 50.2 Å². The van der Waals surface area contributed by atoms with Gasteiger partial charge in [0.2, 0.25) is 0 Å². The van der Waals surface area contributed by atoms with E-state index >= 15 is 0 Å². The molecule has 0 atom stereocenters. The van der Waals surface area contributed by atoms with Gasteiger partial charge in [-0.2, -0.15) is 0 Å². The molecule has 0 fully saturated rings.